The molecule has 0 unspecified atom stereocenters. The van der Waals surface area contributed by atoms with Gasteiger partial charge in [-0.3, -0.25) is 9.59 Å². The van der Waals surface area contributed by atoms with Crippen molar-refractivity contribution in [1.29, 1.82) is 0 Å². The first-order chi connectivity index (χ1) is 11.4. The molecule has 0 aliphatic rings. The van der Waals surface area contributed by atoms with Crippen LogP contribution in [0.4, 0.5) is 11.4 Å². The lowest BCUT2D eigenvalue weighted by molar-refractivity contribution is -0.120. The van der Waals surface area contributed by atoms with Crippen LogP contribution in [0.3, 0.4) is 0 Å². The van der Waals surface area contributed by atoms with Gasteiger partial charge in [0.1, 0.15) is 12.3 Å². The van der Waals surface area contributed by atoms with E-state index in [0.29, 0.717) is 27.2 Å². The fourth-order valence-electron chi connectivity index (χ4n) is 2.08. The van der Waals surface area contributed by atoms with Crippen molar-refractivity contribution < 1.29 is 14.3 Å². The lowest BCUT2D eigenvalue weighted by atomic mass is 10.2. The molecule has 0 spiro atoms. The number of hydrogen-bond acceptors (Lipinski definition) is 3. The van der Waals surface area contributed by atoms with E-state index < -0.39 is 0 Å². The summed E-state index contributed by atoms with van der Waals surface area (Å²) in [5.41, 5.74) is 0.989. The number of rotatable bonds is 5. The van der Waals surface area contributed by atoms with Crippen molar-refractivity contribution in [3.63, 3.8) is 0 Å². The third kappa shape index (κ3) is 4.63. The van der Waals surface area contributed by atoms with Crippen molar-refractivity contribution >= 4 is 46.4 Å². The first-order valence-electron chi connectivity index (χ1n) is 7.07. The summed E-state index contributed by atoms with van der Waals surface area (Å²) in [5.74, 6) is 0.0135. The molecule has 2 aromatic carbocycles. The maximum atomic E-state index is 12.2. The van der Waals surface area contributed by atoms with Gasteiger partial charge in [-0.05, 0) is 42.5 Å². The zero-order valence-corrected chi connectivity index (χ0v) is 14.7. The van der Waals surface area contributed by atoms with E-state index in [1.54, 1.807) is 49.6 Å². The van der Waals surface area contributed by atoms with Gasteiger partial charge >= 0.3 is 0 Å². The van der Waals surface area contributed by atoms with Crippen LogP contribution >= 0.6 is 23.2 Å². The number of halogens is 2. The Balaban J connectivity index is 2.13. The summed E-state index contributed by atoms with van der Waals surface area (Å²) in [4.78, 5) is 25.4. The molecule has 0 bridgehead atoms. The van der Waals surface area contributed by atoms with Gasteiger partial charge in [0.05, 0.1) is 17.8 Å². The van der Waals surface area contributed by atoms with Gasteiger partial charge in [-0.15, -0.1) is 0 Å². The minimum absolute atomic E-state index is 0.179. The summed E-state index contributed by atoms with van der Waals surface area (Å²) in [6.45, 7) is 1.18. The SMILES string of the molecule is COc1ccc(NC(=O)CN(C(C)=O)c2cc(Cl)ccc2Cl)cc1. The molecule has 7 heteroatoms. The van der Waals surface area contributed by atoms with E-state index in [9.17, 15) is 9.59 Å². The standard InChI is InChI=1S/C17H16Cl2N2O3/c1-11(22)21(16-9-12(18)3-8-15(16)19)10-17(23)20-13-4-6-14(24-2)7-5-13/h3-9H,10H2,1-2H3,(H,20,23). The van der Waals surface area contributed by atoms with Crippen molar-refractivity contribution in [3.8, 4) is 5.75 Å². The van der Waals surface area contributed by atoms with Crippen molar-refractivity contribution in [1.82, 2.24) is 0 Å². The number of carbonyl (C=O) groups excluding carboxylic acids is 2. The van der Waals surface area contributed by atoms with E-state index in [4.69, 9.17) is 27.9 Å². The van der Waals surface area contributed by atoms with Crippen LogP contribution in [0.1, 0.15) is 6.92 Å². The molecule has 0 atom stereocenters. The minimum Gasteiger partial charge on any atom is -0.497 e. The predicted octanol–water partition coefficient (Wildman–Crippen LogP) is 3.99. The van der Waals surface area contributed by atoms with Crippen LogP contribution < -0.4 is 15.0 Å². The summed E-state index contributed by atoms with van der Waals surface area (Å²) in [6.07, 6.45) is 0. The molecule has 0 aliphatic heterocycles. The monoisotopic (exact) mass is 366 g/mol. The molecule has 0 aromatic heterocycles. The average Bonchev–Trinajstić information content (AvgIpc) is 2.55. The van der Waals surface area contributed by atoms with Crippen LogP contribution in [0.2, 0.25) is 10.0 Å². The summed E-state index contributed by atoms with van der Waals surface area (Å²) in [7, 11) is 1.56. The second-order valence-corrected chi connectivity index (χ2v) is 5.82. The van der Waals surface area contributed by atoms with E-state index in [0.717, 1.165) is 0 Å². The molecule has 2 amide bonds. The Morgan fingerprint density at radius 3 is 2.38 bits per heavy atom. The Morgan fingerprint density at radius 2 is 1.79 bits per heavy atom. The fraction of sp³-hybridized carbons (Fsp3) is 0.176. The van der Waals surface area contributed by atoms with Gasteiger partial charge in [-0.2, -0.15) is 0 Å². The van der Waals surface area contributed by atoms with Gasteiger partial charge < -0.3 is 15.0 Å². The second-order valence-electron chi connectivity index (χ2n) is 4.98. The summed E-state index contributed by atoms with van der Waals surface area (Å²) < 4.78 is 5.06. The number of methoxy groups -OCH3 is 1. The van der Waals surface area contributed by atoms with Gasteiger partial charge in [0, 0.05) is 17.6 Å². The van der Waals surface area contributed by atoms with Crippen molar-refractivity contribution in [2.45, 2.75) is 6.92 Å². The molecule has 2 rings (SSSR count). The summed E-state index contributed by atoms with van der Waals surface area (Å²) in [5, 5.41) is 3.48. The van der Waals surface area contributed by atoms with Gasteiger partial charge in [0.2, 0.25) is 11.8 Å². The number of hydrogen-bond donors (Lipinski definition) is 1. The molecule has 0 fully saturated rings. The molecular formula is C17H16Cl2N2O3. The maximum Gasteiger partial charge on any atom is 0.244 e. The average molecular weight is 367 g/mol. The molecule has 0 radical (unpaired) electrons. The van der Waals surface area contributed by atoms with Gasteiger partial charge in [0.15, 0.2) is 0 Å². The zero-order valence-electron chi connectivity index (χ0n) is 13.2. The lowest BCUT2D eigenvalue weighted by Crippen LogP contribution is -2.36. The van der Waals surface area contributed by atoms with Gasteiger partial charge in [0.25, 0.3) is 0 Å². The zero-order chi connectivity index (χ0) is 17.7. The fourth-order valence-corrected chi connectivity index (χ4v) is 2.46. The van der Waals surface area contributed by atoms with Crippen molar-refractivity contribution in [2.75, 3.05) is 23.9 Å². The lowest BCUT2D eigenvalue weighted by Gasteiger charge is -2.22. The highest BCUT2D eigenvalue weighted by molar-refractivity contribution is 6.35. The van der Waals surface area contributed by atoms with Crippen LogP contribution in [0.15, 0.2) is 42.5 Å². The highest BCUT2D eigenvalue weighted by Gasteiger charge is 2.19. The predicted molar refractivity (Wildman–Crippen MR) is 96.1 cm³/mol. The highest BCUT2D eigenvalue weighted by Crippen LogP contribution is 2.29. The number of amides is 2. The van der Waals surface area contributed by atoms with E-state index in [1.165, 1.54) is 11.8 Å². The van der Waals surface area contributed by atoms with E-state index in [1.807, 2.05) is 0 Å². The van der Waals surface area contributed by atoms with Crippen LogP contribution in [-0.4, -0.2) is 25.5 Å². The molecule has 0 saturated heterocycles. The Bertz CT molecular complexity index is 748. The molecule has 0 saturated carbocycles. The normalized spacial score (nSPS) is 10.2. The maximum absolute atomic E-state index is 12.2. The van der Waals surface area contributed by atoms with E-state index in [2.05, 4.69) is 5.32 Å². The van der Waals surface area contributed by atoms with E-state index >= 15 is 0 Å². The molecule has 0 heterocycles. The number of carbonyl (C=O) groups is 2. The number of benzene rings is 2. The van der Waals surface area contributed by atoms with Crippen molar-refractivity contribution in [3.05, 3.63) is 52.5 Å². The Hall–Kier alpha value is -2.24. The molecule has 5 nitrogen and oxygen atoms in total. The third-order valence-corrected chi connectivity index (χ3v) is 3.81. The Morgan fingerprint density at radius 1 is 1.12 bits per heavy atom. The van der Waals surface area contributed by atoms with E-state index in [-0.39, 0.29) is 18.4 Å². The molecule has 2 aromatic rings. The molecular weight excluding hydrogens is 351 g/mol. The summed E-state index contributed by atoms with van der Waals surface area (Å²) >= 11 is 12.1. The molecule has 24 heavy (non-hydrogen) atoms. The quantitative estimate of drug-likeness (QED) is 0.869. The second kappa shape index (κ2) is 8.04. The highest BCUT2D eigenvalue weighted by atomic mass is 35.5. The summed E-state index contributed by atoms with van der Waals surface area (Å²) in [6, 6.07) is 11.6. The first kappa shape index (κ1) is 18.1. The van der Waals surface area contributed by atoms with Gasteiger partial charge in [-0.25, -0.2) is 0 Å². The first-order valence-corrected chi connectivity index (χ1v) is 7.83. The third-order valence-electron chi connectivity index (χ3n) is 3.25. The number of anilines is 2. The number of nitrogens with zero attached hydrogens (tertiary/aromatic N) is 1. The molecule has 0 aliphatic carbocycles. The largest absolute Gasteiger partial charge is 0.497 e. The van der Waals surface area contributed by atoms with Crippen LogP contribution in [-0.2, 0) is 9.59 Å². The number of nitrogens with one attached hydrogen (secondary N) is 1. The van der Waals surface area contributed by atoms with Crippen LogP contribution in [0, 0.1) is 0 Å². The smallest absolute Gasteiger partial charge is 0.244 e. The molecule has 126 valence electrons. The molecule has 1 N–H and O–H groups in total. The Kier molecular flexibility index (Phi) is 6.06. The van der Waals surface area contributed by atoms with Crippen LogP contribution in [0.5, 0.6) is 5.75 Å². The minimum atomic E-state index is -0.355. The number of ether oxygens (including phenoxy) is 1. The van der Waals surface area contributed by atoms with Gasteiger partial charge in [-0.1, -0.05) is 23.2 Å². The van der Waals surface area contributed by atoms with Crippen molar-refractivity contribution in [2.24, 2.45) is 0 Å². The van der Waals surface area contributed by atoms with Crippen LogP contribution in [0.25, 0.3) is 0 Å². The Labute approximate surface area is 150 Å². The topological polar surface area (TPSA) is 58.6 Å².